The minimum absolute atomic E-state index is 0.340. The van der Waals surface area contributed by atoms with Crippen LogP contribution in [0.15, 0.2) is 0 Å². The van der Waals surface area contributed by atoms with Gasteiger partial charge in [-0.1, -0.05) is 12.8 Å². The molecule has 0 amide bonds. The predicted octanol–water partition coefficient (Wildman–Crippen LogP) is 2.17. The number of fused-ring (bicyclic) bond motifs is 1. The minimum atomic E-state index is 0.340. The third-order valence-electron chi connectivity index (χ3n) is 3.69. The number of rotatable bonds is 1. The molecule has 2 saturated carbocycles. The fourth-order valence-corrected chi connectivity index (χ4v) is 2.98. The van der Waals surface area contributed by atoms with Gasteiger partial charge in [-0.05, 0) is 25.2 Å². The Morgan fingerprint density at radius 3 is 2.77 bits per heavy atom. The van der Waals surface area contributed by atoms with Gasteiger partial charge in [-0.3, -0.25) is 4.79 Å². The van der Waals surface area contributed by atoms with E-state index in [4.69, 9.17) is 4.74 Å². The van der Waals surface area contributed by atoms with Crippen LogP contribution in [0.3, 0.4) is 0 Å². The first-order valence-corrected chi connectivity index (χ1v) is 5.38. The number of ether oxygens (including phenoxy) is 1. The molecule has 1 unspecified atom stereocenters. The zero-order chi connectivity index (χ0) is 9.26. The van der Waals surface area contributed by atoms with Crippen molar-refractivity contribution in [1.29, 1.82) is 0 Å². The number of hydrogen-bond acceptors (Lipinski definition) is 2. The van der Waals surface area contributed by atoms with Crippen LogP contribution in [-0.2, 0) is 9.53 Å². The summed E-state index contributed by atoms with van der Waals surface area (Å²) in [5.41, 5.74) is 0. The smallest absolute Gasteiger partial charge is 0.136 e. The molecule has 0 N–H and O–H groups in total. The van der Waals surface area contributed by atoms with Crippen molar-refractivity contribution in [3.05, 3.63) is 0 Å². The maximum absolute atomic E-state index is 11.6. The zero-order valence-corrected chi connectivity index (χ0v) is 8.29. The highest BCUT2D eigenvalue weighted by atomic mass is 16.5. The minimum Gasteiger partial charge on any atom is -0.381 e. The van der Waals surface area contributed by atoms with Gasteiger partial charge >= 0.3 is 0 Å². The largest absolute Gasteiger partial charge is 0.381 e. The van der Waals surface area contributed by atoms with E-state index in [1.165, 1.54) is 19.3 Å². The van der Waals surface area contributed by atoms with Crippen molar-refractivity contribution in [2.45, 2.75) is 44.6 Å². The van der Waals surface area contributed by atoms with Crippen molar-refractivity contribution >= 4 is 5.78 Å². The van der Waals surface area contributed by atoms with Crippen LogP contribution in [-0.4, -0.2) is 19.0 Å². The summed E-state index contributed by atoms with van der Waals surface area (Å²) in [4.78, 5) is 11.6. The first-order chi connectivity index (χ1) is 6.33. The number of Topliss-reactive ketones (excluding diaryl/α,β-unsaturated/α-hetero) is 1. The van der Waals surface area contributed by atoms with Crippen molar-refractivity contribution in [3.63, 3.8) is 0 Å². The molecule has 0 aromatic carbocycles. The molecule has 0 aromatic rings. The van der Waals surface area contributed by atoms with Gasteiger partial charge in [0.05, 0.1) is 6.10 Å². The Bertz CT molecular complexity index is 200. The van der Waals surface area contributed by atoms with Gasteiger partial charge in [0.15, 0.2) is 0 Å². The number of hydrogen-bond donors (Lipinski definition) is 0. The first kappa shape index (κ1) is 9.20. The average molecular weight is 182 g/mol. The van der Waals surface area contributed by atoms with Crippen LogP contribution in [0.1, 0.15) is 38.5 Å². The third-order valence-corrected chi connectivity index (χ3v) is 3.69. The molecule has 74 valence electrons. The van der Waals surface area contributed by atoms with E-state index in [0.29, 0.717) is 23.7 Å². The fourth-order valence-electron chi connectivity index (χ4n) is 2.98. The van der Waals surface area contributed by atoms with E-state index in [1.807, 2.05) is 0 Å². The SMILES string of the molecule is COC1CCC(=O)[C@H]2CCCC[C@H]12. The Labute approximate surface area is 79.7 Å². The van der Waals surface area contributed by atoms with Crippen LogP contribution in [0.4, 0.5) is 0 Å². The molecule has 13 heavy (non-hydrogen) atoms. The Morgan fingerprint density at radius 2 is 2.00 bits per heavy atom. The monoisotopic (exact) mass is 182 g/mol. The lowest BCUT2D eigenvalue weighted by molar-refractivity contribution is -0.134. The van der Waals surface area contributed by atoms with Gasteiger partial charge in [0.2, 0.25) is 0 Å². The van der Waals surface area contributed by atoms with Gasteiger partial charge in [-0.2, -0.15) is 0 Å². The van der Waals surface area contributed by atoms with Crippen LogP contribution in [0.25, 0.3) is 0 Å². The first-order valence-electron chi connectivity index (χ1n) is 5.38. The lowest BCUT2D eigenvalue weighted by Crippen LogP contribution is -2.41. The van der Waals surface area contributed by atoms with Crippen LogP contribution >= 0.6 is 0 Å². The topological polar surface area (TPSA) is 26.3 Å². The summed E-state index contributed by atoms with van der Waals surface area (Å²) in [6, 6.07) is 0. The van der Waals surface area contributed by atoms with Gasteiger partial charge in [0.1, 0.15) is 5.78 Å². The van der Waals surface area contributed by atoms with E-state index in [-0.39, 0.29) is 0 Å². The van der Waals surface area contributed by atoms with E-state index in [1.54, 1.807) is 7.11 Å². The lowest BCUT2D eigenvalue weighted by Gasteiger charge is -2.39. The molecular weight excluding hydrogens is 164 g/mol. The van der Waals surface area contributed by atoms with Crippen LogP contribution < -0.4 is 0 Å². The van der Waals surface area contributed by atoms with Gasteiger partial charge in [-0.15, -0.1) is 0 Å². The highest BCUT2D eigenvalue weighted by Gasteiger charge is 2.39. The molecule has 2 aliphatic rings. The van der Waals surface area contributed by atoms with Gasteiger partial charge < -0.3 is 4.74 Å². The molecule has 2 aliphatic carbocycles. The summed E-state index contributed by atoms with van der Waals surface area (Å²) in [5, 5.41) is 0. The molecule has 0 spiro atoms. The number of carbonyl (C=O) groups is 1. The summed E-state index contributed by atoms with van der Waals surface area (Å²) >= 11 is 0. The quantitative estimate of drug-likeness (QED) is 0.621. The Kier molecular flexibility index (Phi) is 2.68. The van der Waals surface area contributed by atoms with Crippen molar-refractivity contribution in [2.24, 2.45) is 11.8 Å². The van der Waals surface area contributed by atoms with Crippen molar-refractivity contribution in [3.8, 4) is 0 Å². The van der Waals surface area contributed by atoms with Crippen LogP contribution in [0, 0.1) is 11.8 Å². The van der Waals surface area contributed by atoms with Crippen LogP contribution in [0.2, 0.25) is 0 Å². The second-order valence-corrected chi connectivity index (χ2v) is 4.33. The van der Waals surface area contributed by atoms with Gasteiger partial charge in [0.25, 0.3) is 0 Å². The molecule has 2 heteroatoms. The molecule has 0 aromatic heterocycles. The predicted molar refractivity (Wildman–Crippen MR) is 50.5 cm³/mol. The van der Waals surface area contributed by atoms with Gasteiger partial charge in [0, 0.05) is 19.4 Å². The molecule has 2 rings (SSSR count). The zero-order valence-electron chi connectivity index (χ0n) is 8.29. The van der Waals surface area contributed by atoms with E-state index in [2.05, 4.69) is 0 Å². The van der Waals surface area contributed by atoms with E-state index >= 15 is 0 Å². The van der Waals surface area contributed by atoms with Crippen LogP contribution in [0.5, 0.6) is 0 Å². The molecule has 0 bridgehead atoms. The molecule has 2 nitrogen and oxygen atoms in total. The van der Waals surface area contributed by atoms with Crippen molar-refractivity contribution < 1.29 is 9.53 Å². The summed E-state index contributed by atoms with van der Waals surface area (Å²) < 4.78 is 5.46. The second kappa shape index (κ2) is 3.79. The summed E-state index contributed by atoms with van der Waals surface area (Å²) in [5.74, 6) is 1.38. The highest BCUT2D eigenvalue weighted by molar-refractivity contribution is 5.82. The molecule has 0 saturated heterocycles. The van der Waals surface area contributed by atoms with Crippen molar-refractivity contribution in [1.82, 2.24) is 0 Å². The normalized spacial score (nSPS) is 40.1. The maximum atomic E-state index is 11.6. The molecule has 0 heterocycles. The van der Waals surface area contributed by atoms with E-state index in [9.17, 15) is 4.79 Å². The maximum Gasteiger partial charge on any atom is 0.136 e. The molecule has 3 atom stereocenters. The second-order valence-electron chi connectivity index (χ2n) is 4.33. The van der Waals surface area contributed by atoms with Crippen molar-refractivity contribution in [2.75, 3.05) is 7.11 Å². The Balaban J connectivity index is 2.09. The van der Waals surface area contributed by atoms with E-state index < -0.39 is 0 Å². The fraction of sp³-hybridized carbons (Fsp3) is 0.909. The number of carbonyl (C=O) groups excluding carboxylic acids is 1. The molecule has 0 radical (unpaired) electrons. The summed E-state index contributed by atoms with van der Waals surface area (Å²) in [6.07, 6.45) is 6.91. The molecular formula is C11H18O2. The standard InChI is InChI=1S/C11H18O2/c1-13-11-7-6-10(12)8-4-2-3-5-9(8)11/h8-9,11H,2-7H2,1H3/t8-,9-,11?/m0/s1. The number of methoxy groups -OCH3 is 1. The Hall–Kier alpha value is -0.370. The molecule has 2 fully saturated rings. The summed E-state index contributed by atoms with van der Waals surface area (Å²) in [7, 11) is 1.78. The third kappa shape index (κ3) is 1.64. The summed E-state index contributed by atoms with van der Waals surface area (Å²) in [6.45, 7) is 0. The molecule has 0 aliphatic heterocycles. The number of ketones is 1. The van der Waals surface area contributed by atoms with E-state index in [0.717, 1.165) is 19.3 Å². The highest BCUT2D eigenvalue weighted by Crippen LogP contribution is 2.39. The average Bonchev–Trinajstić information content (AvgIpc) is 2.19. The van der Waals surface area contributed by atoms with Gasteiger partial charge in [-0.25, -0.2) is 0 Å². The lowest BCUT2D eigenvalue weighted by atomic mass is 9.69. The Morgan fingerprint density at radius 1 is 1.23 bits per heavy atom.